The number of hydrogen-bond acceptors (Lipinski definition) is 4. The van der Waals surface area contributed by atoms with Crippen LogP contribution >= 0.6 is 23.2 Å². The lowest BCUT2D eigenvalue weighted by atomic mass is 10.1. The minimum Gasteiger partial charge on any atom is -0.352 e. The number of sulfonamides is 1. The SMILES string of the molecule is CC(C)NC(=O)[C@H](C)N(Cc1cccc(Cl)c1)C(=O)CN(c1ccccc1Cl)S(C)(=O)=O. The minimum atomic E-state index is -3.83. The zero-order valence-electron chi connectivity index (χ0n) is 18.4. The maximum atomic E-state index is 13.4. The zero-order chi connectivity index (χ0) is 24.1. The maximum absolute atomic E-state index is 13.4. The van der Waals surface area contributed by atoms with Gasteiger partial charge in [-0.3, -0.25) is 13.9 Å². The van der Waals surface area contributed by atoms with Gasteiger partial charge < -0.3 is 10.2 Å². The second kappa shape index (κ2) is 11.0. The molecule has 2 amide bonds. The van der Waals surface area contributed by atoms with Crippen LogP contribution in [0.25, 0.3) is 0 Å². The number of rotatable bonds is 9. The van der Waals surface area contributed by atoms with Gasteiger partial charge in [-0.1, -0.05) is 47.5 Å². The first kappa shape index (κ1) is 26.0. The Labute approximate surface area is 199 Å². The number of amides is 2. The monoisotopic (exact) mass is 499 g/mol. The van der Waals surface area contributed by atoms with Gasteiger partial charge in [-0.05, 0) is 50.6 Å². The van der Waals surface area contributed by atoms with E-state index in [0.29, 0.717) is 10.6 Å². The maximum Gasteiger partial charge on any atom is 0.244 e. The van der Waals surface area contributed by atoms with Gasteiger partial charge >= 0.3 is 0 Å². The Balaban J connectivity index is 2.40. The Hall–Kier alpha value is -2.29. The predicted octanol–water partition coefficient (Wildman–Crippen LogP) is 3.70. The van der Waals surface area contributed by atoms with Gasteiger partial charge in [0, 0.05) is 17.6 Å². The largest absolute Gasteiger partial charge is 0.352 e. The van der Waals surface area contributed by atoms with E-state index in [2.05, 4.69) is 5.32 Å². The van der Waals surface area contributed by atoms with Gasteiger partial charge in [0.15, 0.2) is 0 Å². The Morgan fingerprint density at radius 2 is 1.69 bits per heavy atom. The fourth-order valence-corrected chi connectivity index (χ4v) is 4.43. The lowest BCUT2D eigenvalue weighted by Gasteiger charge is -2.32. The van der Waals surface area contributed by atoms with E-state index in [1.54, 1.807) is 49.4 Å². The highest BCUT2D eigenvalue weighted by atomic mass is 35.5. The summed E-state index contributed by atoms with van der Waals surface area (Å²) in [6.07, 6.45) is 1.000. The van der Waals surface area contributed by atoms with E-state index in [0.717, 1.165) is 10.6 Å². The van der Waals surface area contributed by atoms with Crippen LogP contribution in [0, 0.1) is 0 Å². The van der Waals surface area contributed by atoms with Crippen LogP contribution in [0.1, 0.15) is 26.3 Å². The molecule has 1 atom stereocenters. The van der Waals surface area contributed by atoms with Gasteiger partial charge in [0.25, 0.3) is 0 Å². The van der Waals surface area contributed by atoms with Gasteiger partial charge in [0.1, 0.15) is 12.6 Å². The molecule has 10 heteroatoms. The Morgan fingerprint density at radius 3 is 2.25 bits per heavy atom. The molecule has 0 aliphatic rings. The Bertz CT molecular complexity index is 1080. The molecule has 32 heavy (non-hydrogen) atoms. The van der Waals surface area contributed by atoms with Crippen LogP contribution in [-0.4, -0.2) is 50.0 Å². The number of hydrogen-bond donors (Lipinski definition) is 1. The molecule has 0 saturated heterocycles. The molecule has 7 nitrogen and oxygen atoms in total. The fraction of sp³-hybridized carbons (Fsp3) is 0.364. The Morgan fingerprint density at radius 1 is 1.03 bits per heavy atom. The summed E-state index contributed by atoms with van der Waals surface area (Å²) in [6, 6.07) is 12.3. The number of anilines is 1. The van der Waals surface area contributed by atoms with Gasteiger partial charge in [0.05, 0.1) is 17.0 Å². The number of benzene rings is 2. The molecule has 2 rings (SSSR count). The summed E-state index contributed by atoms with van der Waals surface area (Å²) >= 11 is 12.3. The standard InChI is InChI=1S/C22H27Cl2N3O4S/c1-15(2)25-22(29)16(3)26(13-17-8-7-9-18(23)12-17)21(28)14-27(32(4,30)31)20-11-6-5-10-19(20)24/h5-12,15-16H,13-14H2,1-4H3,(H,25,29)/t16-/m0/s1. The van der Waals surface area contributed by atoms with Crippen molar-refractivity contribution in [2.24, 2.45) is 0 Å². The van der Waals surface area contributed by atoms with E-state index < -0.39 is 28.5 Å². The molecule has 0 spiro atoms. The smallest absolute Gasteiger partial charge is 0.244 e. The third-order valence-corrected chi connectivity index (χ3v) is 6.32. The molecular weight excluding hydrogens is 473 g/mol. The van der Waals surface area contributed by atoms with Crippen molar-refractivity contribution < 1.29 is 18.0 Å². The van der Waals surface area contributed by atoms with Gasteiger partial charge in [0.2, 0.25) is 21.8 Å². The van der Waals surface area contributed by atoms with Crippen molar-refractivity contribution in [3.63, 3.8) is 0 Å². The highest BCUT2D eigenvalue weighted by molar-refractivity contribution is 7.92. The summed E-state index contributed by atoms with van der Waals surface area (Å²) in [5.41, 5.74) is 0.894. The summed E-state index contributed by atoms with van der Waals surface area (Å²) < 4.78 is 25.9. The number of halogens is 2. The molecule has 0 aliphatic carbocycles. The first-order valence-corrected chi connectivity index (χ1v) is 12.6. The van der Waals surface area contributed by atoms with E-state index >= 15 is 0 Å². The molecule has 0 bridgehead atoms. The van der Waals surface area contributed by atoms with E-state index in [9.17, 15) is 18.0 Å². The highest BCUT2D eigenvalue weighted by Crippen LogP contribution is 2.27. The van der Waals surface area contributed by atoms with Crippen LogP contribution in [0.3, 0.4) is 0 Å². The summed E-state index contributed by atoms with van der Waals surface area (Å²) in [6.45, 7) is 4.79. The molecule has 0 fully saturated rings. The molecule has 1 N–H and O–H groups in total. The van der Waals surface area contributed by atoms with Crippen LogP contribution in [0.15, 0.2) is 48.5 Å². The minimum absolute atomic E-state index is 0.0756. The van der Waals surface area contributed by atoms with Crippen molar-refractivity contribution in [1.82, 2.24) is 10.2 Å². The van der Waals surface area contributed by atoms with E-state index in [1.165, 1.54) is 11.0 Å². The summed E-state index contributed by atoms with van der Waals surface area (Å²) in [4.78, 5) is 27.4. The van der Waals surface area contributed by atoms with Gasteiger partial charge in [-0.25, -0.2) is 8.42 Å². The van der Waals surface area contributed by atoms with Crippen LogP contribution < -0.4 is 9.62 Å². The summed E-state index contributed by atoms with van der Waals surface area (Å²) in [5, 5.41) is 3.47. The average molecular weight is 500 g/mol. The van der Waals surface area contributed by atoms with Crippen molar-refractivity contribution in [1.29, 1.82) is 0 Å². The molecule has 0 saturated carbocycles. The normalized spacial score (nSPS) is 12.3. The molecular formula is C22H27Cl2N3O4S. The fourth-order valence-electron chi connectivity index (χ4n) is 3.07. The van der Waals surface area contributed by atoms with Crippen molar-refractivity contribution >= 4 is 50.7 Å². The van der Waals surface area contributed by atoms with Crippen molar-refractivity contribution in [2.75, 3.05) is 17.1 Å². The topological polar surface area (TPSA) is 86.8 Å². The molecule has 0 aromatic heterocycles. The van der Waals surface area contributed by atoms with Crippen LogP contribution in [0.5, 0.6) is 0 Å². The summed E-state index contributed by atoms with van der Waals surface area (Å²) in [7, 11) is -3.83. The third kappa shape index (κ3) is 7.12. The van der Waals surface area contributed by atoms with Crippen molar-refractivity contribution in [3.05, 3.63) is 64.1 Å². The second-order valence-corrected chi connectivity index (χ2v) is 10.5. The second-order valence-electron chi connectivity index (χ2n) is 7.71. The van der Waals surface area contributed by atoms with Crippen molar-refractivity contribution in [2.45, 2.75) is 39.4 Å². The van der Waals surface area contributed by atoms with E-state index in [-0.39, 0.29) is 29.2 Å². The molecule has 174 valence electrons. The number of carbonyl (C=O) groups excluding carboxylic acids is 2. The number of nitrogens with zero attached hydrogens (tertiary/aromatic N) is 2. The van der Waals surface area contributed by atoms with Gasteiger partial charge in [-0.2, -0.15) is 0 Å². The summed E-state index contributed by atoms with van der Waals surface area (Å²) in [5.74, 6) is -0.902. The average Bonchev–Trinajstić information content (AvgIpc) is 2.69. The number of carbonyl (C=O) groups is 2. The van der Waals surface area contributed by atoms with Crippen LogP contribution in [0.2, 0.25) is 10.0 Å². The highest BCUT2D eigenvalue weighted by Gasteiger charge is 2.30. The lowest BCUT2D eigenvalue weighted by Crippen LogP contribution is -2.52. The molecule has 0 aliphatic heterocycles. The molecule has 0 unspecified atom stereocenters. The number of para-hydroxylation sites is 1. The van der Waals surface area contributed by atoms with Crippen LogP contribution in [-0.2, 0) is 26.2 Å². The zero-order valence-corrected chi connectivity index (χ0v) is 20.7. The first-order valence-electron chi connectivity index (χ1n) is 9.96. The molecule has 2 aromatic rings. The predicted molar refractivity (Wildman–Crippen MR) is 128 cm³/mol. The number of nitrogens with one attached hydrogen (secondary N) is 1. The van der Waals surface area contributed by atoms with Crippen molar-refractivity contribution in [3.8, 4) is 0 Å². The Kier molecular flexibility index (Phi) is 8.95. The van der Waals surface area contributed by atoms with Crippen LogP contribution in [0.4, 0.5) is 5.69 Å². The molecule has 0 radical (unpaired) electrons. The quantitative estimate of drug-likeness (QED) is 0.569. The first-order chi connectivity index (χ1) is 14.9. The third-order valence-electron chi connectivity index (χ3n) is 4.64. The molecule has 2 aromatic carbocycles. The van der Waals surface area contributed by atoms with E-state index in [4.69, 9.17) is 23.2 Å². The lowest BCUT2D eigenvalue weighted by molar-refractivity contribution is -0.139. The molecule has 0 heterocycles. The van der Waals surface area contributed by atoms with E-state index in [1.807, 2.05) is 13.8 Å². The van der Waals surface area contributed by atoms with Gasteiger partial charge in [-0.15, -0.1) is 0 Å².